The summed E-state index contributed by atoms with van der Waals surface area (Å²) in [6.45, 7) is 0. The molecule has 0 saturated heterocycles. The third-order valence-electron chi connectivity index (χ3n) is 4.53. The number of hydrogen-bond acceptors (Lipinski definition) is 4. The van der Waals surface area contributed by atoms with Gasteiger partial charge in [0.05, 0.1) is 24.2 Å². The van der Waals surface area contributed by atoms with Crippen molar-refractivity contribution in [3.63, 3.8) is 0 Å². The molecule has 1 aromatic carbocycles. The molecule has 4 rings (SSSR count). The van der Waals surface area contributed by atoms with Gasteiger partial charge in [-0.3, -0.25) is 14.3 Å². The number of hydrogen-bond donors (Lipinski definition) is 2. The van der Waals surface area contributed by atoms with Crippen LogP contribution in [0.25, 0.3) is 0 Å². The van der Waals surface area contributed by atoms with Crippen molar-refractivity contribution in [1.29, 1.82) is 0 Å². The Morgan fingerprint density at radius 3 is 2.93 bits per heavy atom. The summed E-state index contributed by atoms with van der Waals surface area (Å²) in [7, 11) is 1.72. The van der Waals surface area contributed by atoms with E-state index in [2.05, 4.69) is 15.7 Å². The zero-order valence-electron chi connectivity index (χ0n) is 14.5. The number of furan rings is 1. The van der Waals surface area contributed by atoms with Crippen LogP contribution >= 0.6 is 11.6 Å². The number of fused-ring (bicyclic) bond motifs is 1. The monoisotopic (exact) mass is 384 g/mol. The summed E-state index contributed by atoms with van der Waals surface area (Å²) in [6, 6.07) is 10.8. The summed E-state index contributed by atoms with van der Waals surface area (Å²) < 4.78 is 7.06. The van der Waals surface area contributed by atoms with Gasteiger partial charge in [-0.2, -0.15) is 5.10 Å². The number of amides is 2. The maximum Gasteiger partial charge on any atom is 0.230 e. The Balaban J connectivity index is 1.65. The largest absolute Gasteiger partial charge is 0.469 e. The Morgan fingerprint density at radius 1 is 1.37 bits per heavy atom. The van der Waals surface area contributed by atoms with Gasteiger partial charge in [0.2, 0.25) is 11.8 Å². The maximum atomic E-state index is 12.6. The van der Waals surface area contributed by atoms with Crippen LogP contribution in [0.4, 0.5) is 11.6 Å². The molecular weight excluding hydrogens is 368 g/mol. The third kappa shape index (κ3) is 3.33. The first-order chi connectivity index (χ1) is 13.0. The van der Waals surface area contributed by atoms with E-state index in [0.29, 0.717) is 22.4 Å². The molecule has 0 aliphatic carbocycles. The Labute approximate surface area is 160 Å². The number of aromatic nitrogens is 2. The van der Waals surface area contributed by atoms with Crippen molar-refractivity contribution in [1.82, 2.24) is 9.78 Å². The number of nitrogens with one attached hydrogen (secondary N) is 2. The van der Waals surface area contributed by atoms with Crippen LogP contribution in [0.5, 0.6) is 0 Å². The fourth-order valence-corrected chi connectivity index (χ4v) is 3.51. The minimum Gasteiger partial charge on any atom is -0.469 e. The second-order valence-corrected chi connectivity index (χ2v) is 6.78. The minimum atomic E-state index is -0.312. The molecule has 1 aliphatic heterocycles. The molecule has 7 nitrogen and oxygen atoms in total. The Kier molecular flexibility index (Phi) is 4.45. The first-order valence-electron chi connectivity index (χ1n) is 8.46. The van der Waals surface area contributed by atoms with Crippen molar-refractivity contribution < 1.29 is 14.0 Å². The van der Waals surface area contributed by atoms with Gasteiger partial charge < -0.3 is 15.1 Å². The standard InChI is InChI=1S/C19H17ClN4O3/c1-24-19-17(12(10-16(26)22-19)14-7-4-8-27-14)18(23-24)21-15(25)9-11-5-2-3-6-13(11)20/h2-8,12H,9-10H2,1H3,(H,22,26)(H,21,23,25)/t12-/m0/s1. The van der Waals surface area contributed by atoms with Crippen LogP contribution in [0.15, 0.2) is 47.1 Å². The SMILES string of the molecule is Cn1nc(NC(=O)Cc2ccccc2Cl)c2c1NC(=O)C[C@H]2c1ccco1. The second kappa shape index (κ2) is 6.92. The molecule has 3 heterocycles. The van der Waals surface area contributed by atoms with Gasteiger partial charge in [-0.05, 0) is 23.8 Å². The van der Waals surface area contributed by atoms with Crippen LogP contribution in [-0.2, 0) is 23.1 Å². The maximum absolute atomic E-state index is 12.6. The van der Waals surface area contributed by atoms with E-state index in [9.17, 15) is 9.59 Å². The average Bonchev–Trinajstić information content (AvgIpc) is 3.26. The molecular formula is C19H17ClN4O3. The van der Waals surface area contributed by atoms with Gasteiger partial charge in [0.1, 0.15) is 11.6 Å². The van der Waals surface area contributed by atoms with Gasteiger partial charge in [0.25, 0.3) is 0 Å². The van der Waals surface area contributed by atoms with E-state index in [1.807, 2.05) is 24.3 Å². The molecule has 2 N–H and O–H groups in total. The topological polar surface area (TPSA) is 89.2 Å². The molecule has 0 saturated carbocycles. The fraction of sp³-hybridized carbons (Fsp3) is 0.211. The van der Waals surface area contributed by atoms with E-state index in [1.165, 1.54) is 0 Å². The second-order valence-electron chi connectivity index (χ2n) is 6.37. The number of anilines is 2. The van der Waals surface area contributed by atoms with Gasteiger partial charge in [-0.1, -0.05) is 29.8 Å². The van der Waals surface area contributed by atoms with Gasteiger partial charge in [0, 0.05) is 18.5 Å². The normalized spacial score (nSPS) is 15.9. The predicted octanol–water partition coefficient (Wildman–Crippen LogP) is 3.32. The van der Waals surface area contributed by atoms with E-state index < -0.39 is 0 Å². The van der Waals surface area contributed by atoms with Crippen molar-refractivity contribution in [3.05, 3.63) is 64.6 Å². The highest BCUT2D eigenvalue weighted by molar-refractivity contribution is 6.31. The quantitative estimate of drug-likeness (QED) is 0.722. The van der Waals surface area contributed by atoms with Crippen molar-refractivity contribution in [2.45, 2.75) is 18.8 Å². The van der Waals surface area contributed by atoms with Crippen molar-refractivity contribution in [2.24, 2.45) is 7.05 Å². The van der Waals surface area contributed by atoms with Gasteiger partial charge in [0.15, 0.2) is 5.82 Å². The highest BCUT2D eigenvalue weighted by Crippen LogP contribution is 2.41. The van der Waals surface area contributed by atoms with E-state index in [-0.39, 0.29) is 30.6 Å². The summed E-state index contributed by atoms with van der Waals surface area (Å²) >= 11 is 6.14. The van der Waals surface area contributed by atoms with E-state index in [1.54, 1.807) is 30.1 Å². The lowest BCUT2D eigenvalue weighted by molar-refractivity contribution is -0.117. The lowest BCUT2D eigenvalue weighted by atomic mass is 9.91. The van der Waals surface area contributed by atoms with Gasteiger partial charge >= 0.3 is 0 Å². The summed E-state index contributed by atoms with van der Waals surface area (Å²) in [5.74, 6) is 0.945. The number of rotatable bonds is 4. The molecule has 1 aliphatic rings. The number of halogens is 1. The van der Waals surface area contributed by atoms with Gasteiger partial charge in [-0.25, -0.2) is 0 Å². The average molecular weight is 385 g/mol. The molecule has 2 amide bonds. The highest BCUT2D eigenvalue weighted by Gasteiger charge is 2.35. The molecule has 0 radical (unpaired) electrons. The summed E-state index contributed by atoms with van der Waals surface area (Å²) in [4.78, 5) is 24.7. The summed E-state index contributed by atoms with van der Waals surface area (Å²) in [6.07, 6.45) is 1.91. The molecule has 138 valence electrons. The number of nitrogens with zero attached hydrogens (tertiary/aromatic N) is 2. The molecule has 0 unspecified atom stereocenters. The van der Waals surface area contributed by atoms with Crippen LogP contribution in [0.2, 0.25) is 5.02 Å². The van der Waals surface area contributed by atoms with E-state index in [0.717, 1.165) is 11.1 Å². The predicted molar refractivity (Wildman–Crippen MR) is 101 cm³/mol. The smallest absolute Gasteiger partial charge is 0.230 e. The van der Waals surface area contributed by atoms with Crippen molar-refractivity contribution in [3.8, 4) is 0 Å². The summed E-state index contributed by atoms with van der Waals surface area (Å²) in [5, 5.41) is 10.6. The van der Waals surface area contributed by atoms with Gasteiger partial charge in [-0.15, -0.1) is 0 Å². The molecule has 3 aromatic rings. The zero-order valence-corrected chi connectivity index (χ0v) is 15.3. The van der Waals surface area contributed by atoms with Crippen LogP contribution in [0, 0.1) is 0 Å². The zero-order chi connectivity index (χ0) is 19.0. The molecule has 8 heteroatoms. The van der Waals surface area contributed by atoms with Crippen LogP contribution in [-0.4, -0.2) is 21.6 Å². The van der Waals surface area contributed by atoms with Crippen LogP contribution in [0.1, 0.15) is 29.2 Å². The lowest BCUT2D eigenvalue weighted by Gasteiger charge is -2.22. The number of benzene rings is 1. The van der Waals surface area contributed by atoms with Crippen LogP contribution in [0.3, 0.4) is 0 Å². The van der Waals surface area contributed by atoms with E-state index >= 15 is 0 Å². The van der Waals surface area contributed by atoms with E-state index in [4.69, 9.17) is 16.0 Å². The first kappa shape index (κ1) is 17.4. The Hall–Kier alpha value is -3.06. The van der Waals surface area contributed by atoms with Crippen molar-refractivity contribution >= 4 is 35.1 Å². The molecule has 0 bridgehead atoms. The third-order valence-corrected chi connectivity index (χ3v) is 4.90. The molecule has 1 atom stereocenters. The Bertz CT molecular complexity index is 1010. The number of carbonyl (C=O) groups is 2. The molecule has 0 fully saturated rings. The summed E-state index contributed by atoms with van der Waals surface area (Å²) in [5.41, 5.74) is 1.47. The molecule has 2 aromatic heterocycles. The lowest BCUT2D eigenvalue weighted by Crippen LogP contribution is -2.25. The molecule has 0 spiro atoms. The number of aryl methyl sites for hydroxylation is 1. The minimum absolute atomic E-state index is 0.124. The highest BCUT2D eigenvalue weighted by atomic mass is 35.5. The van der Waals surface area contributed by atoms with Crippen molar-refractivity contribution in [2.75, 3.05) is 10.6 Å². The number of carbonyl (C=O) groups excluding carboxylic acids is 2. The van der Waals surface area contributed by atoms with Crippen LogP contribution < -0.4 is 10.6 Å². The molecule has 27 heavy (non-hydrogen) atoms. The fourth-order valence-electron chi connectivity index (χ4n) is 3.30. The Morgan fingerprint density at radius 2 is 2.19 bits per heavy atom. The first-order valence-corrected chi connectivity index (χ1v) is 8.84.